The summed E-state index contributed by atoms with van der Waals surface area (Å²) < 4.78 is 13.1. The quantitative estimate of drug-likeness (QED) is 0.513. The van der Waals surface area contributed by atoms with Crippen molar-refractivity contribution < 1.29 is 14.3 Å². The number of alkyl carbamates (subject to hydrolysis) is 1. The molecule has 1 amide bonds. The number of aromatic nitrogens is 3. The topological polar surface area (TPSA) is 93.5 Å². The Hall–Kier alpha value is -2.59. The summed E-state index contributed by atoms with van der Waals surface area (Å²) in [5.74, 6) is 0.646. The van der Waals surface area contributed by atoms with Gasteiger partial charge >= 0.3 is 6.09 Å². The van der Waals surface area contributed by atoms with Gasteiger partial charge in [-0.1, -0.05) is 23.2 Å². The van der Waals surface area contributed by atoms with Gasteiger partial charge in [0.1, 0.15) is 11.4 Å². The van der Waals surface area contributed by atoms with Crippen LogP contribution in [0.4, 0.5) is 10.6 Å². The molecule has 182 valence electrons. The van der Waals surface area contributed by atoms with Crippen molar-refractivity contribution >= 4 is 46.0 Å². The molecule has 34 heavy (non-hydrogen) atoms. The van der Waals surface area contributed by atoms with Crippen LogP contribution >= 0.6 is 23.2 Å². The van der Waals surface area contributed by atoms with E-state index in [4.69, 9.17) is 37.7 Å². The van der Waals surface area contributed by atoms with Gasteiger partial charge in [0.25, 0.3) is 0 Å². The fraction of sp³-hybridized carbons (Fsp3) is 0.435. The van der Waals surface area contributed by atoms with Crippen LogP contribution in [-0.2, 0) is 9.47 Å². The first-order valence-corrected chi connectivity index (χ1v) is 11.8. The SMILES string of the molecule is CC(C)(C)OC(=O)NCN1CCOC(CNc2cc(-n3ccnc3)c3ccc(Cl)c(Cl)c3n2)C1. The molecule has 1 aromatic carbocycles. The van der Waals surface area contributed by atoms with Crippen LogP contribution in [0.15, 0.2) is 36.9 Å². The van der Waals surface area contributed by atoms with Crippen molar-refractivity contribution in [3.63, 3.8) is 0 Å². The predicted octanol–water partition coefficient (Wildman–Crippen LogP) is 4.32. The van der Waals surface area contributed by atoms with E-state index in [1.54, 1.807) is 18.6 Å². The van der Waals surface area contributed by atoms with E-state index in [-0.39, 0.29) is 6.10 Å². The number of carbonyl (C=O) groups excluding carboxylic acids is 1. The van der Waals surface area contributed by atoms with E-state index in [9.17, 15) is 4.79 Å². The lowest BCUT2D eigenvalue weighted by molar-refractivity contribution is -0.0251. The summed E-state index contributed by atoms with van der Waals surface area (Å²) in [7, 11) is 0. The van der Waals surface area contributed by atoms with Gasteiger partial charge in [0.15, 0.2) is 0 Å². The highest BCUT2D eigenvalue weighted by Gasteiger charge is 2.22. The van der Waals surface area contributed by atoms with Gasteiger partial charge in [-0.05, 0) is 32.9 Å². The van der Waals surface area contributed by atoms with Crippen molar-refractivity contribution in [3.8, 4) is 5.69 Å². The Bertz CT molecular complexity index is 1150. The zero-order chi connectivity index (χ0) is 24.3. The fourth-order valence-corrected chi connectivity index (χ4v) is 4.04. The Kier molecular flexibility index (Phi) is 7.47. The minimum atomic E-state index is -0.531. The van der Waals surface area contributed by atoms with Gasteiger partial charge in [-0.3, -0.25) is 4.90 Å². The standard InChI is InChI=1S/C23H28Cl2N6O3/c1-23(2,3)34-22(32)28-14-30-8-9-33-15(12-30)11-27-19-10-18(31-7-6-26-13-31)16-4-5-17(24)20(25)21(16)29-19/h4-7,10,13,15H,8-9,11-12,14H2,1-3H3,(H,27,29)(H,28,32). The van der Waals surface area contributed by atoms with Crippen LogP contribution in [0.3, 0.4) is 0 Å². The van der Waals surface area contributed by atoms with Crippen LogP contribution in [0, 0.1) is 0 Å². The van der Waals surface area contributed by atoms with Gasteiger partial charge in [-0.15, -0.1) is 0 Å². The number of halogens is 2. The van der Waals surface area contributed by atoms with Gasteiger partial charge in [-0.25, -0.2) is 14.8 Å². The molecule has 1 saturated heterocycles. The van der Waals surface area contributed by atoms with Gasteiger partial charge in [0.2, 0.25) is 0 Å². The highest BCUT2D eigenvalue weighted by Crippen LogP contribution is 2.34. The Labute approximate surface area is 208 Å². The maximum atomic E-state index is 11.9. The van der Waals surface area contributed by atoms with E-state index < -0.39 is 11.7 Å². The molecule has 1 aliphatic heterocycles. The van der Waals surface area contributed by atoms with Crippen LogP contribution in [0.2, 0.25) is 10.0 Å². The zero-order valence-electron chi connectivity index (χ0n) is 19.3. The number of morpholine rings is 1. The van der Waals surface area contributed by atoms with Gasteiger partial charge in [0, 0.05) is 43.5 Å². The normalized spacial score (nSPS) is 17.0. The smallest absolute Gasteiger partial charge is 0.408 e. The molecule has 1 fully saturated rings. The molecule has 1 aliphatic rings. The monoisotopic (exact) mass is 506 g/mol. The van der Waals surface area contributed by atoms with Crippen LogP contribution < -0.4 is 10.6 Å². The lowest BCUT2D eigenvalue weighted by Gasteiger charge is -2.33. The number of anilines is 1. The summed E-state index contributed by atoms with van der Waals surface area (Å²) in [5.41, 5.74) is 0.962. The highest BCUT2D eigenvalue weighted by atomic mass is 35.5. The molecule has 2 aromatic heterocycles. The minimum Gasteiger partial charge on any atom is -0.444 e. The number of rotatable bonds is 6. The lowest BCUT2D eigenvalue weighted by Crippen LogP contribution is -2.49. The summed E-state index contributed by atoms with van der Waals surface area (Å²) in [6, 6.07) is 5.60. The van der Waals surface area contributed by atoms with Crippen molar-refractivity contribution in [3.05, 3.63) is 47.0 Å². The van der Waals surface area contributed by atoms with Crippen LogP contribution in [0.25, 0.3) is 16.6 Å². The molecule has 9 nitrogen and oxygen atoms in total. The summed E-state index contributed by atoms with van der Waals surface area (Å²) >= 11 is 12.7. The molecule has 0 spiro atoms. The molecule has 1 unspecified atom stereocenters. The Morgan fingerprint density at radius 2 is 2.15 bits per heavy atom. The van der Waals surface area contributed by atoms with E-state index in [1.807, 2.05) is 43.7 Å². The van der Waals surface area contributed by atoms with E-state index in [0.717, 1.165) is 17.6 Å². The number of benzene rings is 1. The second kappa shape index (κ2) is 10.4. The van der Waals surface area contributed by atoms with Gasteiger partial charge in [-0.2, -0.15) is 0 Å². The third-order valence-electron chi connectivity index (χ3n) is 5.21. The van der Waals surface area contributed by atoms with Crippen molar-refractivity contribution in [2.24, 2.45) is 0 Å². The molecule has 11 heteroatoms. The van der Waals surface area contributed by atoms with E-state index in [2.05, 4.69) is 20.5 Å². The third kappa shape index (κ3) is 6.09. The second-order valence-corrected chi connectivity index (χ2v) is 9.83. The number of amides is 1. The van der Waals surface area contributed by atoms with Crippen molar-refractivity contribution in [2.75, 3.05) is 38.2 Å². The Morgan fingerprint density at radius 1 is 1.32 bits per heavy atom. The molecule has 1 atom stereocenters. The highest BCUT2D eigenvalue weighted by molar-refractivity contribution is 6.45. The van der Waals surface area contributed by atoms with Crippen molar-refractivity contribution in [1.29, 1.82) is 0 Å². The first-order valence-electron chi connectivity index (χ1n) is 11.0. The van der Waals surface area contributed by atoms with Crippen molar-refractivity contribution in [1.82, 2.24) is 24.8 Å². The first kappa shape index (κ1) is 24.5. The summed E-state index contributed by atoms with van der Waals surface area (Å²) in [6.07, 6.45) is 4.78. The maximum absolute atomic E-state index is 11.9. The number of imidazole rings is 1. The van der Waals surface area contributed by atoms with Crippen LogP contribution in [-0.4, -0.2) is 70.1 Å². The Morgan fingerprint density at radius 3 is 2.88 bits per heavy atom. The number of ether oxygens (including phenoxy) is 2. The number of nitrogens with zero attached hydrogens (tertiary/aromatic N) is 4. The lowest BCUT2D eigenvalue weighted by atomic mass is 10.1. The molecule has 0 saturated carbocycles. The molecule has 2 N–H and O–H groups in total. The number of fused-ring (bicyclic) bond motifs is 1. The molecular weight excluding hydrogens is 479 g/mol. The number of hydrogen-bond acceptors (Lipinski definition) is 7. The fourth-order valence-electron chi connectivity index (χ4n) is 3.68. The van der Waals surface area contributed by atoms with Gasteiger partial charge < -0.3 is 24.7 Å². The molecule has 3 aromatic rings. The average Bonchev–Trinajstić information content (AvgIpc) is 3.32. The minimum absolute atomic E-state index is 0.0850. The first-order chi connectivity index (χ1) is 16.2. The molecule has 0 radical (unpaired) electrons. The van der Waals surface area contributed by atoms with E-state index >= 15 is 0 Å². The summed E-state index contributed by atoms with van der Waals surface area (Å²) in [6.45, 7) is 8.37. The predicted molar refractivity (Wildman–Crippen MR) is 133 cm³/mol. The van der Waals surface area contributed by atoms with E-state index in [0.29, 0.717) is 47.7 Å². The summed E-state index contributed by atoms with van der Waals surface area (Å²) in [5, 5.41) is 7.87. The molecule has 4 rings (SSSR count). The average molecular weight is 507 g/mol. The van der Waals surface area contributed by atoms with Crippen LogP contribution in [0.1, 0.15) is 20.8 Å². The van der Waals surface area contributed by atoms with Crippen LogP contribution in [0.5, 0.6) is 0 Å². The number of carbonyl (C=O) groups is 1. The second-order valence-electron chi connectivity index (χ2n) is 9.04. The third-order valence-corrected chi connectivity index (χ3v) is 6.01. The van der Waals surface area contributed by atoms with Crippen molar-refractivity contribution in [2.45, 2.75) is 32.5 Å². The molecule has 0 bridgehead atoms. The van der Waals surface area contributed by atoms with Gasteiger partial charge in [0.05, 0.1) is 47.0 Å². The molecule has 0 aliphatic carbocycles. The largest absolute Gasteiger partial charge is 0.444 e. The molecule has 3 heterocycles. The zero-order valence-corrected chi connectivity index (χ0v) is 20.9. The number of pyridine rings is 1. The maximum Gasteiger partial charge on any atom is 0.408 e. The number of hydrogen-bond donors (Lipinski definition) is 2. The molecular formula is C23H28Cl2N6O3. The Balaban J connectivity index is 1.43. The number of nitrogens with one attached hydrogen (secondary N) is 2. The van der Waals surface area contributed by atoms with E-state index in [1.165, 1.54) is 0 Å². The summed E-state index contributed by atoms with van der Waals surface area (Å²) in [4.78, 5) is 22.9.